The fraction of sp³-hybridized carbons (Fsp3) is 0.0556. The lowest BCUT2D eigenvalue weighted by Gasteiger charge is -1.97. The van der Waals surface area contributed by atoms with Gasteiger partial charge in [0.1, 0.15) is 5.01 Å². The van der Waals surface area contributed by atoms with E-state index in [4.69, 9.17) is 0 Å². The number of pyridine rings is 1. The zero-order valence-corrected chi connectivity index (χ0v) is 13.4. The molecule has 3 rings (SSSR count). The second kappa shape index (κ2) is 6.98. The summed E-state index contributed by atoms with van der Waals surface area (Å²) in [6.07, 6.45) is 6.54. The topological polar surface area (TPSA) is 54.9 Å². The average molecular weight is 321 g/mol. The number of carbonyl (C=O) groups is 1. The summed E-state index contributed by atoms with van der Waals surface area (Å²) in [5, 5.41) is 3.88. The number of anilines is 1. The third-order valence-corrected chi connectivity index (χ3v) is 4.41. The van der Waals surface area contributed by atoms with E-state index in [-0.39, 0.29) is 5.78 Å². The van der Waals surface area contributed by atoms with E-state index in [0.717, 1.165) is 22.0 Å². The van der Waals surface area contributed by atoms with Gasteiger partial charge in [0.15, 0.2) is 5.78 Å². The third-order valence-electron chi connectivity index (χ3n) is 3.19. The van der Waals surface area contributed by atoms with Gasteiger partial charge in [-0.15, -0.1) is 11.3 Å². The van der Waals surface area contributed by atoms with Gasteiger partial charge < -0.3 is 5.32 Å². The molecule has 1 N–H and O–H groups in total. The molecule has 3 aromatic rings. The number of nitrogens with one attached hydrogen (secondary N) is 1. The van der Waals surface area contributed by atoms with Gasteiger partial charge in [0, 0.05) is 24.0 Å². The maximum absolute atomic E-state index is 12.3. The van der Waals surface area contributed by atoms with E-state index < -0.39 is 0 Å². The lowest BCUT2D eigenvalue weighted by atomic mass is 10.2. The Morgan fingerprint density at radius 1 is 1.17 bits per heavy atom. The quantitative estimate of drug-likeness (QED) is 0.561. The van der Waals surface area contributed by atoms with Gasteiger partial charge in [0.05, 0.1) is 22.5 Å². The van der Waals surface area contributed by atoms with Gasteiger partial charge in [0.2, 0.25) is 0 Å². The molecule has 114 valence electrons. The molecule has 0 aliphatic heterocycles. The van der Waals surface area contributed by atoms with Crippen molar-refractivity contribution in [3.63, 3.8) is 0 Å². The monoisotopic (exact) mass is 321 g/mol. The fourth-order valence-corrected chi connectivity index (χ4v) is 3.06. The number of allylic oxidation sites excluding steroid dienone is 1. The number of rotatable bonds is 5. The Hall–Kier alpha value is -2.79. The normalized spacial score (nSPS) is 10.8. The summed E-state index contributed by atoms with van der Waals surface area (Å²) in [5.41, 5.74) is 2.62. The Kier molecular flexibility index (Phi) is 4.59. The van der Waals surface area contributed by atoms with Crippen molar-refractivity contribution >= 4 is 22.8 Å². The van der Waals surface area contributed by atoms with Crippen LogP contribution >= 0.6 is 11.3 Å². The first kappa shape index (κ1) is 15.1. The Bertz CT molecular complexity index is 826. The van der Waals surface area contributed by atoms with E-state index in [9.17, 15) is 4.79 Å². The molecule has 23 heavy (non-hydrogen) atoms. The third kappa shape index (κ3) is 3.70. The number of aryl methyl sites for hydroxylation is 1. The van der Waals surface area contributed by atoms with Gasteiger partial charge in [-0.05, 0) is 19.1 Å². The average Bonchev–Trinajstić information content (AvgIpc) is 2.98. The van der Waals surface area contributed by atoms with E-state index >= 15 is 0 Å². The molecule has 0 amide bonds. The molecule has 0 saturated heterocycles. The van der Waals surface area contributed by atoms with Crippen molar-refractivity contribution in [2.45, 2.75) is 6.92 Å². The number of ketones is 1. The van der Waals surface area contributed by atoms with Crippen molar-refractivity contribution in [1.82, 2.24) is 9.97 Å². The first-order valence-electron chi connectivity index (χ1n) is 7.14. The van der Waals surface area contributed by atoms with Crippen LogP contribution in [0.3, 0.4) is 0 Å². The molecule has 1 aromatic carbocycles. The van der Waals surface area contributed by atoms with E-state index in [2.05, 4.69) is 15.3 Å². The minimum absolute atomic E-state index is 0.0569. The van der Waals surface area contributed by atoms with E-state index in [1.807, 2.05) is 49.4 Å². The highest BCUT2D eigenvalue weighted by atomic mass is 32.1. The molecular formula is C18H15N3OS. The number of aromatic nitrogens is 2. The summed E-state index contributed by atoms with van der Waals surface area (Å²) in [6, 6.07) is 13.6. The zero-order chi connectivity index (χ0) is 16.1. The summed E-state index contributed by atoms with van der Waals surface area (Å²) in [7, 11) is 0. The Morgan fingerprint density at radius 2 is 2.00 bits per heavy atom. The standard InChI is InChI=1S/C18H15N3OS/c1-13-17(23-18(21-13)14-6-3-2-4-7-14)16(22)9-11-20-15-8-5-10-19-12-15/h2-12,20H,1H3. The van der Waals surface area contributed by atoms with Crippen molar-refractivity contribution in [1.29, 1.82) is 0 Å². The SMILES string of the molecule is Cc1nc(-c2ccccc2)sc1C(=O)C=CNc1cccnc1. The number of benzene rings is 1. The van der Waals surface area contributed by atoms with E-state index in [1.54, 1.807) is 18.6 Å². The Balaban J connectivity index is 1.74. The summed E-state index contributed by atoms with van der Waals surface area (Å²) in [5.74, 6) is -0.0569. The van der Waals surface area contributed by atoms with Gasteiger partial charge in [-0.25, -0.2) is 4.98 Å². The van der Waals surface area contributed by atoms with Crippen molar-refractivity contribution in [3.8, 4) is 10.6 Å². The van der Waals surface area contributed by atoms with Gasteiger partial charge in [-0.3, -0.25) is 9.78 Å². The van der Waals surface area contributed by atoms with Gasteiger partial charge in [0.25, 0.3) is 0 Å². The van der Waals surface area contributed by atoms with Crippen molar-refractivity contribution < 1.29 is 4.79 Å². The predicted molar refractivity (Wildman–Crippen MR) is 93.6 cm³/mol. The first-order chi connectivity index (χ1) is 11.2. The molecule has 2 aromatic heterocycles. The Labute approximate surface area is 138 Å². The van der Waals surface area contributed by atoms with Crippen molar-refractivity contribution in [3.05, 3.63) is 77.7 Å². The summed E-state index contributed by atoms with van der Waals surface area (Å²) in [4.78, 5) is 21.5. The lowest BCUT2D eigenvalue weighted by molar-refractivity contribution is 0.104. The van der Waals surface area contributed by atoms with E-state index in [0.29, 0.717) is 4.88 Å². The first-order valence-corrected chi connectivity index (χ1v) is 7.96. The van der Waals surface area contributed by atoms with Crippen LogP contribution in [0.1, 0.15) is 15.4 Å². The molecule has 0 bridgehead atoms. The minimum Gasteiger partial charge on any atom is -0.360 e. The van der Waals surface area contributed by atoms with Gasteiger partial charge >= 0.3 is 0 Å². The molecule has 0 aliphatic rings. The van der Waals surface area contributed by atoms with Crippen LogP contribution < -0.4 is 5.32 Å². The second-order valence-electron chi connectivity index (χ2n) is 4.88. The molecule has 0 unspecified atom stereocenters. The molecule has 0 atom stereocenters. The number of hydrogen-bond acceptors (Lipinski definition) is 5. The molecule has 0 saturated carbocycles. The summed E-state index contributed by atoms with van der Waals surface area (Å²) >= 11 is 1.41. The van der Waals surface area contributed by atoms with Crippen LogP contribution in [0, 0.1) is 6.92 Å². The maximum atomic E-state index is 12.3. The van der Waals surface area contributed by atoms with Crippen molar-refractivity contribution in [2.75, 3.05) is 5.32 Å². The van der Waals surface area contributed by atoms with Crippen LogP contribution in [0.2, 0.25) is 0 Å². The highest BCUT2D eigenvalue weighted by Gasteiger charge is 2.13. The molecule has 4 nitrogen and oxygen atoms in total. The summed E-state index contributed by atoms with van der Waals surface area (Å²) in [6.45, 7) is 1.86. The molecule has 2 heterocycles. The summed E-state index contributed by atoms with van der Waals surface area (Å²) < 4.78 is 0. The smallest absolute Gasteiger partial charge is 0.199 e. The molecule has 5 heteroatoms. The number of nitrogens with zero attached hydrogens (tertiary/aromatic N) is 2. The lowest BCUT2D eigenvalue weighted by Crippen LogP contribution is -1.96. The maximum Gasteiger partial charge on any atom is 0.199 e. The molecule has 0 spiro atoms. The van der Waals surface area contributed by atoms with Crippen LogP contribution in [0.15, 0.2) is 67.1 Å². The highest BCUT2D eigenvalue weighted by molar-refractivity contribution is 7.17. The van der Waals surface area contributed by atoms with Gasteiger partial charge in [-0.2, -0.15) is 0 Å². The largest absolute Gasteiger partial charge is 0.360 e. The molecule has 0 aliphatic carbocycles. The molecule has 0 fully saturated rings. The molecule has 0 radical (unpaired) electrons. The number of hydrogen-bond donors (Lipinski definition) is 1. The predicted octanol–water partition coefficient (Wildman–Crippen LogP) is 4.32. The minimum atomic E-state index is -0.0569. The van der Waals surface area contributed by atoms with Crippen LogP contribution in [-0.4, -0.2) is 15.8 Å². The van der Waals surface area contributed by atoms with Crippen LogP contribution in [0.5, 0.6) is 0 Å². The van der Waals surface area contributed by atoms with Crippen LogP contribution in [-0.2, 0) is 0 Å². The number of thiazole rings is 1. The Morgan fingerprint density at radius 3 is 2.74 bits per heavy atom. The highest BCUT2D eigenvalue weighted by Crippen LogP contribution is 2.28. The van der Waals surface area contributed by atoms with Crippen LogP contribution in [0.4, 0.5) is 5.69 Å². The second-order valence-corrected chi connectivity index (χ2v) is 5.88. The molecular weight excluding hydrogens is 306 g/mol. The zero-order valence-electron chi connectivity index (χ0n) is 12.6. The fourth-order valence-electron chi connectivity index (χ4n) is 2.07. The van der Waals surface area contributed by atoms with Crippen LogP contribution in [0.25, 0.3) is 10.6 Å². The van der Waals surface area contributed by atoms with Gasteiger partial charge in [-0.1, -0.05) is 30.3 Å². The van der Waals surface area contributed by atoms with E-state index in [1.165, 1.54) is 17.4 Å². The van der Waals surface area contributed by atoms with Crippen molar-refractivity contribution in [2.24, 2.45) is 0 Å². The number of carbonyl (C=O) groups excluding carboxylic acids is 1.